The maximum absolute atomic E-state index is 14.6. The van der Waals surface area contributed by atoms with Crippen molar-refractivity contribution in [2.24, 2.45) is 33.7 Å². The van der Waals surface area contributed by atoms with E-state index in [1.165, 1.54) is 26.1 Å². The summed E-state index contributed by atoms with van der Waals surface area (Å²) in [5.41, 5.74) is 17.7. The fourth-order valence-corrected chi connectivity index (χ4v) is 8.38. The van der Waals surface area contributed by atoms with Gasteiger partial charge in [-0.3, -0.25) is 43.3 Å². The summed E-state index contributed by atoms with van der Waals surface area (Å²) in [6.45, 7) is 7.26. The number of aliphatic carboxylic acids is 1. The number of carbonyl (C=O) groups excluding carboxylic acids is 11. The third-order valence-electron chi connectivity index (χ3n) is 13.6. The first-order chi connectivity index (χ1) is 44.0. The summed E-state index contributed by atoms with van der Waals surface area (Å²) in [7, 11) is 0. The number of nitrogen functional groups attached to an aromatic ring is 1. The molecule has 0 aliphatic heterocycles. The molecule has 0 saturated heterocycles. The number of aliphatic imine (C=N–C) groups is 1. The first-order valence-corrected chi connectivity index (χ1v) is 29.4. The Morgan fingerprint density at radius 2 is 1.08 bits per heavy atom. The number of aliphatic hydroxyl groups excluding tert-OH is 2. The molecule has 2 aromatic carbocycles. The Balaban J connectivity index is 2.47. The Morgan fingerprint density at radius 3 is 1.61 bits per heavy atom. The van der Waals surface area contributed by atoms with E-state index in [-0.39, 0.29) is 51.2 Å². The number of nitrogens with one attached hydrogen (secondary N) is 9. The summed E-state index contributed by atoms with van der Waals surface area (Å²) in [6, 6.07) is -0.0878. The number of anilines is 1. The number of esters is 2. The highest BCUT2D eigenvalue weighted by Crippen LogP contribution is 2.23. The van der Waals surface area contributed by atoms with Crippen molar-refractivity contribution in [1.82, 2.24) is 47.9 Å². The molecule has 37 heteroatoms. The molecule has 11 atom stereocenters. The minimum atomic E-state index is -5.69. The van der Waals surface area contributed by atoms with E-state index < -0.39 is 181 Å². The van der Waals surface area contributed by atoms with Crippen LogP contribution >= 0.6 is 0 Å². The van der Waals surface area contributed by atoms with Crippen molar-refractivity contribution in [2.45, 2.75) is 167 Å². The average Bonchev–Trinajstić information content (AvgIpc) is 0.917. The number of nitrogens with two attached hydrogens (primary N) is 3. The normalized spacial score (nSPS) is 15.0. The van der Waals surface area contributed by atoms with Crippen molar-refractivity contribution in [2.75, 3.05) is 32.0 Å². The molecule has 530 valence electrons. The standard InChI is InChI=1S/C58H83F6N13O18/c1-9-29(4)40(49(86)76-41(30(5)78)48(85)69-24-39(79)70-37(26-93-52(90)57(59,60)61)47(84)73-38(51(88)89)27-94-53(91)58(62,63)64)75-44(81)34(19-14-20-68-54(66)67)71-46(83)36(23-56(6,7)8)72-50(87)42(43(80)28(2)3)77-45(82)35(22-32-17-13-18-33(65)21-32)74-55(92)95-25-31-15-11-10-12-16-31/h10-13,15-18,21,28-30,34-38,40-43,78,80H,9,14,19-20,22-27,65H2,1-8H3,(H,69,85)(H,70,79)(H,71,83)(H,72,87)(H,73,84)(H,74,92)(H,75,81)(H,76,86)(H,77,82)(H,88,89)(H4,66,67,68)/t29-,30-,34+,35-,36-,37-,38-,40-,41-,42-,43+/m0/s1. The van der Waals surface area contributed by atoms with Crippen LogP contribution in [0.25, 0.3) is 0 Å². The van der Waals surface area contributed by atoms with Gasteiger partial charge in [0.15, 0.2) is 12.0 Å². The number of hydrogen-bond donors (Lipinski definition) is 15. The predicted molar refractivity (Wildman–Crippen MR) is 322 cm³/mol. The van der Waals surface area contributed by atoms with Gasteiger partial charge in [0.2, 0.25) is 47.3 Å². The van der Waals surface area contributed by atoms with Crippen LogP contribution in [-0.2, 0) is 80.0 Å². The number of alkyl carbamates (subject to hydrolysis) is 1. The molecule has 2 rings (SSSR count). The van der Waals surface area contributed by atoms with Gasteiger partial charge in [0.1, 0.15) is 62.1 Å². The lowest BCUT2D eigenvalue weighted by Crippen LogP contribution is -2.63. The number of benzene rings is 2. The molecule has 2 aromatic rings. The SMILES string of the molecule is CC[C@H](C)[C@H](NC(=O)[C@@H](CCCN=C(N)N)NC(=O)[C@H](CC(C)(C)C)NC(=O)[C@@H](NC(=O)[C@H](Cc1cccc(N)c1)NC(=O)OCc1ccccc1)[C@H](O)C(C)C)C(=O)N[C@H](C(=O)NCC(=O)N[C@@H](COC(=O)C(F)(F)F)C(=O)N[C@@H](COC(=O)C(F)(F)F)C(=O)O)[C@H](C)O. The summed E-state index contributed by atoms with van der Waals surface area (Å²) in [4.78, 5) is 163. The number of alkyl halides is 6. The Morgan fingerprint density at radius 1 is 0.579 bits per heavy atom. The fraction of sp³-hybridized carbons (Fsp3) is 0.569. The molecule has 31 nitrogen and oxygen atoms in total. The van der Waals surface area contributed by atoms with Crippen LogP contribution in [0, 0.1) is 17.3 Å². The molecule has 18 N–H and O–H groups in total. The zero-order valence-corrected chi connectivity index (χ0v) is 53.1. The summed E-state index contributed by atoms with van der Waals surface area (Å²) in [5, 5.41) is 51.7. The van der Waals surface area contributed by atoms with Crippen LogP contribution in [-0.4, -0.2) is 192 Å². The van der Waals surface area contributed by atoms with Gasteiger partial charge in [-0.25, -0.2) is 19.2 Å². The monoisotopic (exact) mass is 1360 g/mol. The van der Waals surface area contributed by atoms with Gasteiger partial charge in [0.05, 0.1) is 18.8 Å². The van der Waals surface area contributed by atoms with Crippen molar-refractivity contribution >= 4 is 82.9 Å². The number of ether oxygens (including phenoxy) is 3. The van der Waals surface area contributed by atoms with Crippen molar-refractivity contribution in [3.63, 3.8) is 0 Å². The highest BCUT2D eigenvalue weighted by atomic mass is 19.4. The number of amides is 9. The van der Waals surface area contributed by atoms with Gasteiger partial charge in [-0.15, -0.1) is 0 Å². The number of aliphatic hydroxyl groups is 2. The number of hydrogen-bond acceptors (Lipinski definition) is 19. The second-order valence-corrected chi connectivity index (χ2v) is 23.3. The van der Waals surface area contributed by atoms with Crippen LogP contribution in [0.15, 0.2) is 59.6 Å². The van der Waals surface area contributed by atoms with E-state index in [2.05, 4.69) is 46.4 Å². The van der Waals surface area contributed by atoms with E-state index >= 15 is 0 Å². The number of nitrogens with zero attached hydrogens (tertiary/aromatic N) is 1. The van der Waals surface area contributed by atoms with Crippen LogP contribution in [0.3, 0.4) is 0 Å². The molecule has 0 saturated carbocycles. The number of carboxylic acid groups (broad SMARTS) is 1. The topological polar surface area (TPSA) is 492 Å². The largest absolute Gasteiger partial charge is 0.490 e. The van der Waals surface area contributed by atoms with Crippen LogP contribution < -0.4 is 65.1 Å². The summed E-state index contributed by atoms with van der Waals surface area (Å²) >= 11 is 0. The minimum Gasteiger partial charge on any atom is -0.480 e. The molecule has 0 unspecified atom stereocenters. The Kier molecular flexibility index (Phi) is 32.6. The van der Waals surface area contributed by atoms with Crippen LogP contribution in [0.1, 0.15) is 92.2 Å². The van der Waals surface area contributed by atoms with Gasteiger partial charge in [0.25, 0.3) is 0 Å². The third-order valence-corrected chi connectivity index (χ3v) is 13.6. The lowest BCUT2D eigenvalue weighted by Gasteiger charge is -2.32. The predicted octanol–water partition coefficient (Wildman–Crippen LogP) is -1.15. The van der Waals surface area contributed by atoms with Crippen LogP contribution in [0.4, 0.5) is 36.8 Å². The number of rotatable bonds is 36. The van der Waals surface area contributed by atoms with Gasteiger partial charge in [0, 0.05) is 18.7 Å². The third kappa shape index (κ3) is 29.9. The quantitative estimate of drug-likeness (QED) is 0.00728. The van der Waals surface area contributed by atoms with E-state index in [1.54, 1.807) is 87.6 Å². The van der Waals surface area contributed by atoms with Crippen molar-refractivity contribution in [3.8, 4) is 0 Å². The smallest absolute Gasteiger partial charge is 0.480 e. The molecule has 0 bridgehead atoms. The van der Waals surface area contributed by atoms with E-state index in [0.29, 0.717) is 16.8 Å². The van der Waals surface area contributed by atoms with E-state index in [1.807, 2.05) is 5.32 Å². The van der Waals surface area contributed by atoms with Gasteiger partial charge in [-0.1, -0.05) is 97.4 Å². The molecular formula is C58H83F6N13O18. The number of halogens is 6. The zero-order chi connectivity index (χ0) is 72.3. The molecule has 9 amide bonds. The van der Waals surface area contributed by atoms with Gasteiger partial charge < -0.3 is 94.6 Å². The highest BCUT2D eigenvalue weighted by Gasteiger charge is 2.44. The molecule has 0 aliphatic carbocycles. The van der Waals surface area contributed by atoms with Gasteiger partial charge >= 0.3 is 36.4 Å². The molecule has 0 spiro atoms. The summed E-state index contributed by atoms with van der Waals surface area (Å²) in [6.07, 6.45) is -16.3. The molecule has 0 heterocycles. The maximum Gasteiger partial charge on any atom is 0.490 e. The van der Waals surface area contributed by atoms with Crippen molar-refractivity contribution < 1.29 is 113 Å². The van der Waals surface area contributed by atoms with E-state index in [0.717, 1.165) is 6.92 Å². The van der Waals surface area contributed by atoms with Crippen molar-refractivity contribution in [1.29, 1.82) is 0 Å². The summed E-state index contributed by atoms with van der Waals surface area (Å²) < 4.78 is 90.1. The number of carbonyl (C=O) groups is 12. The second kappa shape index (κ2) is 38.0. The first-order valence-electron chi connectivity index (χ1n) is 29.4. The first kappa shape index (κ1) is 81.5. The van der Waals surface area contributed by atoms with Crippen molar-refractivity contribution in [3.05, 3.63) is 65.7 Å². The summed E-state index contributed by atoms with van der Waals surface area (Å²) in [5.74, 6) is -19.9. The fourth-order valence-electron chi connectivity index (χ4n) is 8.38. The minimum absolute atomic E-state index is 0.0145. The lowest BCUT2D eigenvalue weighted by molar-refractivity contribution is -0.201. The molecule has 0 aromatic heterocycles. The average molecular weight is 1360 g/mol. The van der Waals surface area contributed by atoms with Gasteiger partial charge in [-0.05, 0) is 66.7 Å². The number of carboxylic acids is 1. The molecule has 0 radical (unpaired) electrons. The van der Waals surface area contributed by atoms with Gasteiger partial charge in [-0.2, -0.15) is 26.3 Å². The van der Waals surface area contributed by atoms with Crippen LogP contribution in [0.2, 0.25) is 0 Å². The highest BCUT2D eigenvalue weighted by molar-refractivity contribution is 5.98. The van der Waals surface area contributed by atoms with Crippen LogP contribution in [0.5, 0.6) is 0 Å². The molecule has 0 aliphatic rings. The molecule has 95 heavy (non-hydrogen) atoms. The van der Waals surface area contributed by atoms with E-state index in [4.69, 9.17) is 21.9 Å². The maximum atomic E-state index is 14.6. The second-order valence-electron chi connectivity index (χ2n) is 23.3. The Hall–Kier alpha value is -9.55. The Labute approximate surface area is 541 Å². The Bertz CT molecular complexity index is 3000. The number of guanidine groups is 1. The lowest BCUT2D eigenvalue weighted by atomic mass is 9.87. The van der Waals surface area contributed by atoms with E-state index in [9.17, 15) is 99.2 Å². The molecule has 0 fully saturated rings. The molecular weight excluding hydrogens is 1280 g/mol. The zero-order valence-electron chi connectivity index (χ0n) is 53.1.